The van der Waals surface area contributed by atoms with E-state index in [4.69, 9.17) is 5.73 Å². The number of aromatic amines is 1. The van der Waals surface area contributed by atoms with Crippen molar-refractivity contribution in [2.45, 2.75) is 6.54 Å². The maximum absolute atomic E-state index is 11.9. The normalized spacial score (nSPS) is 10.1. The number of amides is 1. The van der Waals surface area contributed by atoms with Crippen LogP contribution in [0.25, 0.3) is 0 Å². The third kappa shape index (κ3) is 2.68. The van der Waals surface area contributed by atoms with Gasteiger partial charge in [0, 0.05) is 18.3 Å². The highest BCUT2D eigenvalue weighted by atomic mass is 16.6. The van der Waals surface area contributed by atoms with Gasteiger partial charge in [0.25, 0.3) is 5.91 Å². The van der Waals surface area contributed by atoms with Gasteiger partial charge in [-0.25, -0.2) is 0 Å². The molecule has 0 saturated heterocycles. The van der Waals surface area contributed by atoms with Crippen LogP contribution in [0.2, 0.25) is 0 Å². The number of nitro groups is 1. The largest absolute Gasteiger partial charge is 0.393 e. The lowest BCUT2D eigenvalue weighted by Gasteiger charge is -2.05. The molecule has 1 aromatic heterocycles. The number of para-hydroxylation sites is 1. The third-order valence-corrected chi connectivity index (χ3v) is 2.50. The van der Waals surface area contributed by atoms with E-state index in [1.165, 1.54) is 18.2 Å². The molecule has 2 rings (SSSR count). The Morgan fingerprint density at radius 2 is 2.32 bits per heavy atom. The summed E-state index contributed by atoms with van der Waals surface area (Å²) in [5, 5.41) is 19.8. The van der Waals surface area contributed by atoms with E-state index in [1.807, 2.05) is 0 Å². The highest BCUT2D eigenvalue weighted by Gasteiger charge is 2.22. The maximum Gasteiger partial charge on any atom is 0.304 e. The summed E-state index contributed by atoms with van der Waals surface area (Å²) < 4.78 is 0. The quantitative estimate of drug-likeness (QED) is 0.426. The molecule has 8 heteroatoms. The number of nitrogen functional groups attached to an aromatic ring is 1. The Bertz CT molecular complexity index is 609. The van der Waals surface area contributed by atoms with E-state index in [0.717, 1.165) is 5.56 Å². The van der Waals surface area contributed by atoms with Gasteiger partial charge in [-0.15, -0.1) is 0 Å². The molecule has 4 N–H and O–H groups in total. The van der Waals surface area contributed by atoms with Gasteiger partial charge < -0.3 is 11.1 Å². The molecule has 0 radical (unpaired) electrons. The zero-order valence-electron chi connectivity index (χ0n) is 9.79. The van der Waals surface area contributed by atoms with Crippen molar-refractivity contribution in [2.24, 2.45) is 0 Å². The highest BCUT2D eigenvalue weighted by molar-refractivity contribution is 6.00. The Morgan fingerprint density at radius 3 is 2.95 bits per heavy atom. The number of rotatable bonds is 4. The van der Waals surface area contributed by atoms with Crippen molar-refractivity contribution in [2.75, 3.05) is 5.73 Å². The van der Waals surface area contributed by atoms with Gasteiger partial charge in [-0.3, -0.25) is 20.0 Å². The number of carbonyl (C=O) groups is 1. The van der Waals surface area contributed by atoms with Gasteiger partial charge in [0.05, 0.1) is 11.1 Å². The van der Waals surface area contributed by atoms with E-state index in [0.29, 0.717) is 0 Å². The fourth-order valence-electron chi connectivity index (χ4n) is 1.60. The predicted molar refractivity (Wildman–Crippen MR) is 67.3 cm³/mol. The number of nitrogens with zero attached hydrogens (tertiary/aromatic N) is 2. The summed E-state index contributed by atoms with van der Waals surface area (Å²) in [6.45, 7) is 0.223. The van der Waals surface area contributed by atoms with Crippen molar-refractivity contribution < 1.29 is 9.72 Å². The van der Waals surface area contributed by atoms with Crippen LogP contribution in [0.5, 0.6) is 0 Å². The van der Waals surface area contributed by atoms with Crippen LogP contribution in [0.1, 0.15) is 15.9 Å². The van der Waals surface area contributed by atoms with Gasteiger partial charge in [0.1, 0.15) is 11.3 Å². The average Bonchev–Trinajstić information content (AvgIpc) is 2.88. The van der Waals surface area contributed by atoms with Crippen molar-refractivity contribution >= 4 is 17.3 Å². The van der Waals surface area contributed by atoms with Gasteiger partial charge in [0.2, 0.25) is 0 Å². The molecular weight excluding hydrogens is 250 g/mol. The molecule has 1 aromatic carbocycles. The molecule has 98 valence electrons. The number of hydrogen-bond donors (Lipinski definition) is 3. The summed E-state index contributed by atoms with van der Waals surface area (Å²) in [6.07, 6.45) is 3.17. The molecule has 0 aliphatic heterocycles. The molecule has 0 saturated carbocycles. The summed E-state index contributed by atoms with van der Waals surface area (Å²) in [6, 6.07) is 4.24. The van der Waals surface area contributed by atoms with Crippen LogP contribution in [0.3, 0.4) is 0 Å². The zero-order valence-corrected chi connectivity index (χ0v) is 9.79. The molecule has 0 atom stereocenters. The number of benzene rings is 1. The molecule has 0 unspecified atom stereocenters. The lowest BCUT2D eigenvalue weighted by molar-refractivity contribution is -0.384. The molecule has 1 heterocycles. The number of carbonyl (C=O) groups excluding carboxylic acids is 1. The molecule has 0 bridgehead atoms. The Morgan fingerprint density at radius 1 is 1.53 bits per heavy atom. The van der Waals surface area contributed by atoms with Crippen LogP contribution < -0.4 is 11.1 Å². The van der Waals surface area contributed by atoms with E-state index >= 15 is 0 Å². The molecule has 19 heavy (non-hydrogen) atoms. The monoisotopic (exact) mass is 261 g/mol. The van der Waals surface area contributed by atoms with Crippen molar-refractivity contribution in [1.29, 1.82) is 0 Å². The van der Waals surface area contributed by atoms with Crippen LogP contribution in [0, 0.1) is 10.1 Å². The Kier molecular flexibility index (Phi) is 3.42. The lowest BCUT2D eigenvalue weighted by Crippen LogP contribution is -2.23. The Balaban J connectivity index is 2.19. The van der Waals surface area contributed by atoms with Gasteiger partial charge in [-0.05, 0) is 12.1 Å². The van der Waals surface area contributed by atoms with Gasteiger partial charge in [-0.1, -0.05) is 6.07 Å². The summed E-state index contributed by atoms with van der Waals surface area (Å²) in [7, 11) is 0. The first-order valence-corrected chi connectivity index (χ1v) is 5.38. The second-order valence-electron chi connectivity index (χ2n) is 3.79. The van der Waals surface area contributed by atoms with Crippen molar-refractivity contribution in [3.8, 4) is 0 Å². The van der Waals surface area contributed by atoms with Gasteiger partial charge in [0.15, 0.2) is 0 Å². The second kappa shape index (κ2) is 5.17. The number of H-pyrrole nitrogens is 1. The van der Waals surface area contributed by atoms with Crippen molar-refractivity contribution in [3.63, 3.8) is 0 Å². The van der Waals surface area contributed by atoms with Crippen LogP contribution >= 0.6 is 0 Å². The van der Waals surface area contributed by atoms with Crippen LogP contribution in [0.4, 0.5) is 11.4 Å². The van der Waals surface area contributed by atoms with E-state index in [1.54, 1.807) is 12.4 Å². The molecular formula is C11H11N5O3. The summed E-state index contributed by atoms with van der Waals surface area (Å²) in [5.41, 5.74) is 5.79. The number of aromatic nitrogens is 2. The molecule has 2 aromatic rings. The molecule has 0 spiro atoms. The average molecular weight is 261 g/mol. The second-order valence-corrected chi connectivity index (χ2v) is 3.79. The molecule has 0 fully saturated rings. The minimum Gasteiger partial charge on any atom is -0.393 e. The van der Waals surface area contributed by atoms with E-state index in [2.05, 4.69) is 15.5 Å². The van der Waals surface area contributed by atoms with Crippen LogP contribution in [-0.4, -0.2) is 21.0 Å². The third-order valence-electron chi connectivity index (χ3n) is 2.50. The topological polar surface area (TPSA) is 127 Å². The van der Waals surface area contributed by atoms with E-state index in [-0.39, 0.29) is 23.5 Å². The van der Waals surface area contributed by atoms with E-state index < -0.39 is 10.8 Å². The smallest absolute Gasteiger partial charge is 0.304 e. The molecule has 1 amide bonds. The van der Waals surface area contributed by atoms with Gasteiger partial charge >= 0.3 is 5.69 Å². The molecule has 0 aliphatic carbocycles. The summed E-state index contributed by atoms with van der Waals surface area (Å²) in [4.78, 5) is 22.2. The summed E-state index contributed by atoms with van der Waals surface area (Å²) in [5.74, 6) is -0.555. The number of anilines is 1. The first kappa shape index (κ1) is 12.6. The van der Waals surface area contributed by atoms with Crippen LogP contribution in [-0.2, 0) is 6.54 Å². The van der Waals surface area contributed by atoms with Crippen LogP contribution in [0.15, 0.2) is 30.6 Å². The Labute approximate surface area is 107 Å². The fourth-order valence-corrected chi connectivity index (χ4v) is 1.60. The van der Waals surface area contributed by atoms with Crippen molar-refractivity contribution in [1.82, 2.24) is 15.5 Å². The summed E-state index contributed by atoms with van der Waals surface area (Å²) >= 11 is 0. The lowest BCUT2D eigenvalue weighted by atomic mass is 10.1. The fraction of sp³-hybridized carbons (Fsp3) is 0.0909. The minimum atomic E-state index is -0.665. The number of hydrogen-bond acceptors (Lipinski definition) is 5. The Hall–Kier alpha value is -2.90. The first-order chi connectivity index (χ1) is 9.09. The van der Waals surface area contributed by atoms with Crippen molar-refractivity contribution in [3.05, 3.63) is 51.8 Å². The standard InChI is InChI=1S/C11H11N5O3/c12-9-3-1-2-8(10(9)16(18)19)11(17)13-4-7-5-14-15-6-7/h1-3,5-6H,4,12H2,(H,13,17)(H,14,15). The molecule has 0 aliphatic rings. The highest BCUT2D eigenvalue weighted by Crippen LogP contribution is 2.25. The SMILES string of the molecule is Nc1cccc(C(=O)NCc2cn[nH]c2)c1[N+](=O)[O-]. The first-order valence-electron chi connectivity index (χ1n) is 5.38. The maximum atomic E-state index is 11.9. The zero-order chi connectivity index (χ0) is 13.8. The predicted octanol–water partition coefficient (Wildman–Crippen LogP) is 0.830. The number of nitrogens with two attached hydrogens (primary N) is 1. The van der Waals surface area contributed by atoms with Gasteiger partial charge in [-0.2, -0.15) is 5.10 Å². The van der Waals surface area contributed by atoms with E-state index in [9.17, 15) is 14.9 Å². The molecule has 8 nitrogen and oxygen atoms in total. The number of nitrogens with one attached hydrogen (secondary N) is 2. The number of nitro benzene ring substituents is 1. The minimum absolute atomic E-state index is 0.0408.